The zero-order valence-corrected chi connectivity index (χ0v) is 23.8. The Bertz CT molecular complexity index is 2110. The van der Waals surface area contributed by atoms with Gasteiger partial charge >= 0.3 is 0 Å². The Kier molecular flexibility index (Phi) is 6.43. The summed E-state index contributed by atoms with van der Waals surface area (Å²) in [5.41, 5.74) is 11.2. The number of nitrogens with zero attached hydrogens (tertiary/aromatic N) is 4. The summed E-state index contributed by atoms with van der Waals surface area (Å²) in [7, 11) is 0. The summed E-state index contributed by atoms with van der Waals surface area (Å²) in [6.07, 6.45) is 3.69. The Morgan fingerprint density at radius 1 is 0.341 bits per heavy atom. The van der Waals surface area contributed by atoms with Gasteiger partial charge < -0.3 is 0 Å². The van der Waals surface area contributed by atoms with E-state index in [1.54, 1.807) is 0 Å². The number of hydrogen-bond acceptors (Lipinski definition) is 4. The van der Waals surface area contributed by atoms with Crippen LogP contribution in [0.4, 0.5) is 0 Å². The number of aromatic nitrogens is 4. The van der Waals surface area contributed by atoms with E-state index in [4.69, 9.17) is 9.97 Å². The molecule has 0 saturated heterocycles. The Hall–Kier alpha value is -6.00. The minimum Gasteiger partial charge on any atom is -0.256 e. The molecule has 0 aliphatic heterocycles. The van der Waals surface area contributed by atoms with Crippen molar-refractivity contribution in [1.82, 2.24) is 19.9 Å². The van der Waals surface area contributed by atoms with Crippen LogP contribution in [-0.2, 0) is 0 Å². The highest BCUT2D eigenvalue weighted by Crippen LogP contribution is 2.33. The molecule has 0 amide bonds. The molecule has 0 saturated carbocycles. The molecule has 8 aromatic rings. The van der Waals surface area contributed by atoms with E-state index in [1.165, 1.54) is 0 Å². The van der Waals surface area contributed by atoms with Crippen molar-refractivity contribution >= 4 is 21.8 Å². The highest BCUT2D eigenvalue weighted by Gasteiger charge is 2.13. The molecule has 44 heavy (non-hydrogen) atoms. The van der Waals surface area contributed by atoms with Crippen LogP contribution in [0.25, 0.3) is 78.0 Å². The van der Waals surface area contributed by atoms with Crippen LogP contribution in [0.5, 0.6) is 0 Å². The van der Waals surface area contributed by atoms with Crippen LogP contribution in [-0.4, -0.2) is 19.9 Å². The third kappa shape index (κ3) is 4.79. The topological polar surface area (TPSA) is 51.6 Å². The summed E-state index contributed by atoms with van der Waals surface area (Å²) in [5.74, 6) is 0.686. The lowest BCUT2D eigenvalue weighted by Crippen LogP contribution is -1.96. The highest BCUT2D eigenvalue weighted by atomic mass is 14.9. The van der Waals surface area contributed by atoms with Crippen LogP contribution in [0.15, 0.2) is 158 Å². The van der Waals surface area contributed by atoms with Crippen molar-refractivity contribution in [2.75, 3.05) is 0 Å². The average molecular weight is 563 g/mol. The molecule has 5 aromatic carbocycles. The molecular formula is C40H26N4. The summed E-state index contributed by atoms with van der Waals surface area (Å²) in [6, 6.07) is 50.1. The fourth-order valence-electron chi connectivity index (χ4n) is 5.77. The highest BCUT2D eigenvalue weighted by molar-refractivity contribution is 5.94. The monoisotopic (exact) mass is 562 g/mol. The van der Waals surface area contributed by atoms with Crippen LogP contribution >= 0.6 is 0 Å². The second kappa shape index (κ2) is 11.0. The SMILES string of the molecule is c1ccc(-c2cc(-c3ccc(-c4cccc5cccnc45)cc3)nc(-c3ccc(-c4cccc5cccnc45)cc3)n2)cc1. The van der Waals surface area contributed by atoms with Gasteiger partial charge in [-0.1, -0.05) is 127 Å². The number of fused-ring (bicyclic) bond motifs is 2. The maximum atomic E-state index is 5.07. The molecule has 0 N–H and O–H groups in total. The van der Waals surface area contributed by atoms with Crippen LogP contribution in [0.1, 0.15) is 0 Å². The third-order valence-electron chi connectivity index (χ3n) is 8.01. The van der Waals surface area contributed by atoms with Crippen LogP contribution < -0.4 is 0 Å². The quantitative estimate of drug-likeness (QED) is 0.209. The summed E-state index contributed by atoms with van der Waals surface area (Å²) in [4.78, 5) is 19.4. The minimum absolute atomic E-state index is 0.686. The van der Waals surface area contributed by atoms with E-state index in [0.717, 1.165) is 72.1 Å². The lowest BCUT2D eigenvalue weighted by atomic mass is 9.99. The number of rotatable bonds is 5. The Morgan fingerprint density at radius 3 is 1.34 bits per heavy atom. The first kappa shape index (κ1) is 25.7. The van der Waals surface area contributed by atoms with E-state index in [0.29, 0.717) is 5.82 Å². The van der Waals surface area contributed by atoms with Gasteiger partial charge in [-0.05, 0) is 29.3 Å². The molecule has 0 bridgehead atoms. The van der Waals surface area contributed by atoms with Crippen molar-refractivity contribution in [2.45, 2.75) is 0 Å². The fraction of sp³-hybridized carbons (Fsp3) is 0. The van der Waals surface area contributed by atoms with E-state index in [2.05, 4.69) is 125 Å². The van der Waals surface area contributed by atoms with Crippen LogP contribution in [0.2, 0.25) is 0 Å². The number of benzene rings is 5. The Morgan fingerprint density at radius 2 is 0.795 bits per heavy atom. The summed E-state index contributed by atoms with van der Waals surface area (Å²) >= 11 is 0. The molecule has 0 aliphatic rings. The first-order valence-corrected chi connectivity index (χ1v) is 14.6. The Balaban J connectivity index is 1.19. The van der Waals surface area contributed by atoms with Crippen molar-refractivity contribution in [3.05, 3.63) is 158 Å². The van der Waals surface area contributed by atoms with Gasteiger partial charge in [-0.25, -0.2) is 9.97 Å². The predicted octanol–water partition coefficient (Wildman–Crippen LogP) is 9.91. The standard InChI is InChI=1S/C40H26N4/c1-2-8-29(9-3-1)36-26-37(30-20-16-27(17-21-30)34-14-4-10-31-12-6-24-41-38(31)34)44-40(43-36)33-22-18-28(19-23-33)35-15-5-11-32-13-7-25-42-39(32)35/h1-26H. The van der Waals surface area contributed by atoms with Crippen molar-refractivity contribution in [1.29, 1.82) is 0 Å². The lowest BCUT2D eigenvalue weighted by molar-refractivity contribution is 1.18. The maximum Gasteiger partial charge on any atom is 0.160 e. The van der Waals surface area contributed by atoms with E-state index >= 15 is 0 Å². The molecule has 206 valence electrons. The normalized spacial score (nSPS) is 11.2. The first-order chi connectivity index (χ1) is 21.8. The first-order valence-electron chi connectivity index (χ1n) is 14.6. The van der Waals surface area contributed by atoms with Crippen molar-refractivity contribution < 1.29 is 0 Å². The number of pyridine rings is 2. The van der Waals surface area contributed by atoms with Crippen molar-refractivity contribution in [2.24, 2.45) is 0 Å². The van der Waals surface area contributed by atoms with Gasteiger partial charge in [-0.2, -0.15) is 0 Å². The van der Waals surface area contributed by atoms with Gasteiger partial charge in [0.15, 0.2) is 5.82 Å². The molecular weight excluding hydrogens is 536 g/mol. The van der Waals surface area contributed by atoms with E-state index in [-0.39, 0.29) is 0 Å². The molecule has 0 aliphatic carbocycles. The number of hydrogen-bond donors (Lipinski definition) is 0. The van der Waals surface area contributed by atoms with Crippen molar-refractivity contribution in [3.8, 4) is 56.2 Å². The summed E-state index contributed by atoms with van der Waals surface area (Å²) < 4.78 is 0. The van der Waals surface area contributed by atoms with Gasteiger partial charge in [0.05, 0.1) is 22.4 Å². The molecule has 3 heterocycles. The Labute approximate surface area is 255 Å². The van der Waals surface area contributed by atoms with Gasteiger partial charge in [0, 0.05) is 51.0 Å². The van der Waals surface area contributed by atoms with E-state index in [9.17, 15) is 0 Å². The summed E-state index contributed by atoms with van der Waals surface area (Å²) in [5, 5.41) is 2.25. The van der Waals surface area contributed by atoms with E-state index in [1.807, 2.05) is 42.7 Å². The molecule has 0 spiro atoms. The molecule has 4 heteroatoms. The van der Waals surface area contributed by atoms with Crippen LogP contribution in [0, 0.1) is 0 Å². The third-order valence-corrected chi connectivity index (χ3v) is 8.01. The molecule has 0 fully saturated rings. The molecule has 0 unspecified atom stereocenters. The second-order valence-corrected chi connectivity index (χ2v) is 10.7. The molecule has 0 radical (unpaired) electrons. The van der Waals surface area contributed by atoms with Gasteiger partial charge in [-0.15, -0.1) is 0 Å². The maximum absolute atomic E-state index is 5.07. The smallest absolute Gasteiger partial charge is 0.160 e. The minimum atomic E-state index is 0.686. The average Bonchev–Trinajstić information content (AvgIpc) is 3.11. The van der Waals surface area contributed by atoms with Gasteiger partial charge in [0.25, 0.3) is 0 Å². The fourth-order valence-corrected chi connectivity index (χ4v) is 5.77. The number of para-hydroxylation sites is 2. The predicted molar refractivity (Wildman–Crippen MR) is 180 cm³/mol. The summed E-state index contributed by atoms with van der Waals surface area (Å²) in [6.45, 7) is 0. The van der Waals surface area contributed by atoms with Gasteiger partial charge in [0.1, 0.15) is 0 Å². The molecule has 0 atom stereocenters. The second-order valence-electron chi connectivity index (χ2n) is 10.7. The largest absolute Gasteiger partial charge is 0.256 e. The van der Waals surface area contributed by atoms with Gasteiger partial charge in [0.2, 0.25) is 0 Å². The van der Waals surface area contributed by atoms with Crippen molar-refractivity contribution in [3.63, 3.8) is 0 Å². The van der Waals surface area contributed by atoms with Gasteiger partial charge in [-0.3, -0.25) is 9.97 Å². The van der Waals surface area contributed by atoms with E-state index < -0.39 is 0 Å². The molecule has 4 nitrogen and oxygen atoms in total. The lowest BCUT2D eigenvalue weighted by Gasteiger charge is -2.11. The molecule has 3 aromatic heterocycles. The molecule has 8 rings (SSSR count). The zero-order chi connectivity index (χ0) is 29.3. The van der Waals surface area contributed by atoms with Crippen LogP contribution in [0.3, 0.4) is 0 Å². The zero-order valence-electron chi connectivity index (χ0n) is 23.8.